The van der Waals surface area contributed by atoms with E-state index < -0.39 is 6.09 Å². The Morgan fingerprint density at radius 1 is 1.17 bits per heavy atom. The van der Waals surface area contributed by atoms with Crippen molar-refractivity contribution >= 4 is 17.7 Å². The van der Waals surface area contributed by atoms with Gasteiger partial charge in [-0.2, -0.15) is 0 Å². The van der Waals surface area contributed by atoms with Crippen molar-refractivity contribution in [1.82, 2.24) is 5.32 Å². The maximum Gasteiger partial charge on any atom is 0.407 e. The van der Waals surface area contributed by atoms with Gasteiger partial charge in [0.25, 0.3) is 0 Å². The standard InChI is InChI=1S/C19H25NO4/c1-3-17(21)12-13-18(22)11-7-8-15(2)20-19(23)24-14-16-9-5-4-6-10-16/h4-7,9-11,15H,3,8,12-14H2,1-2H3,(H,20,23)/b11-7+/t15-/m0/s1. The van der Waals surface area contributed by atoms with Crippen LogP contribution in [0.2, 0.25) is 0 Å². The molecule has 24 heavy (non-hydrogen) atoms. The number of ketones is 2. The molecule has 1 amide bonds. The highest BCUT2D eigenvalue weighted by atomic mass is 16.5. The number of rotatable bonds is 10. The van der Waals surface area contributed by atoms with E-state index in [2.05, 4.69) is 5.32 Å². The normalized spacial score (nSPS) is 11.9. The largest absolute Gasteiger partial charge is 0.445 e. The van der Waals surface area contributed by atoms with Crippen LogP contribution in [-0.2, 0) is 20.9 Å². The summed E-state index contributed by atoms with van der Waals surface area (Å²) in [6, 6.07) is 9.29. The summed E-state index contributed by atoms with van der Waals surface area (Å²) in [6.45, 7) is 3.84. The van der Waals surface area contributed by atoms with Crippen LogP contribution in [0, 0.1) is 0 Å². The summed E-state index contributed by atoms with van der Waals surface area (Å²) in [6.07, 6.45) is 4.21. The zero-order valence-electron chi connectivity index (χ0n) is 14.3. The highest BCUT2D eigenvalue weighted by molar-refractivity contribution is 5.92. The van der Waals surface area contributed by atoms with Crippen molar-refractivity contribution < 1.29 is 19.1 Å². The second-order valence-corrected chi connectivity index (χ2v) is 5.60. The molecule has 1 aromatic carbocycles. The van der Waals surface area contributed by atoms with Crippen molar-refractivity contribution in [2.75, 3.05) is 0 Å². The molecule has 0 fully saturated rings. The third kappa shape index (κ3) is 8.88. The second kappa shape index (κ2) is 11.2. The summed E-state index contributed by atoms with van der Waals surface area (Å²) in [5, 5.41) is 2.71. The molecule has 1 aromatic rings. The maximum atomic E-state index is 11.7. The van der Waals surface area contributed by atoms with E-state index in [9.17, 15) is 14.4 Å². The number of Topliss-reactive ketones (excluding diaryl/α,β-unsaturated/α-hetero) is 1. The molecular weight excluding hydrogens is 306 g/mol. The Hall–Kier alpha value is -2.43. The monoisotopic (exact) mass is 331 g/mol. The summed E-state index contributed by atoms with van der Waals surface area (Å²) in [5.74, 6) is 0.0172. The van der Waals surface area contributed by atoms with Crippen LogP contribution in [0.15, 0.2) is 42.5 Å². The van der Waals surface area contributed by atoms with Crippen LogP contribution in [-0.4, -0.2) is 23.7 Å². The SMILES string of the molecule is CCC(=O)CCC(=O)/C=C/C[C@H](C)NC(=O)OCc1ccccc1. The van der Waals surface area contributed by atoms with E-state index in [0.717, 1.165) is 5.56 Å². The van der Waals surface area contributed by atoms with Gasteiger partial charge in [-0.25, -0.2) is 4.79 Å². The second-order valence-electron chi connectivity index (χ2n) is 5.60. The van der Waals surface area contributed by atoms with E-state index in [0.29, 0.717) is 19.3 Å². The quantitative estimate of drug-likeness (QED) is 0.665. The summed E-state index contributed by atoms with van der Waals surface area (Å²) in [7, 11) is 0. The van der Waals surface area contributed by atoms with Crippen LogP contribution >= 0.6 is 0 Å². The molecule has 0 radical (unpaired) electrons. The highest BCUT2D eigenvalue weighted by Gasteiger charge is 2.07. The molecule has 0 unspecified atom stereocenters. The number of amides is 1. The first-order chi connectivity index (χ1) is 11.5. The van der Waals surface area contributed by atoms with Gasteiger partial charge in [0.05, 0.1) is 0 Å². The Balaban J connectivity index is 2.21. The van der Waals surface area contributed by atoms with Crippen molar-refractivity contribution in [1.29, 1.82) is 0 Å². The number of ether oxygens (including phenoxy) is 1. The van der Waals surface area contributed by atoms with E-state index in [1.807, 2.05) is 37.3 Å². The van der Waals surface area contributed by atoms with Gasteiger partial charge in [0.15, 0.2) is 5.78 Å². The van der Waals surface area contributed by atoms with Crippen LogP contribution in [0.5, 0.6) is 0 Å². The average molecular weight is 331 g/mol. The molecule has 1 atom stereocenters. The van der Waals surface area contributed by atoms with Gasteiger partial charge in [-0.05, 0) is 25.0 Å². The molecule has 0 aromatic heterocycles. The number of carbonyl (C=O) groups is 3. The molecule has 0 aliphatic heterocycles. The predicted molar refractivity (Wildman–Crippen MR) is 92.5 cm³/mol. The van der Waals surface area contributed by atoms with Crippen molar-refractivity contribution in [2.24, 2.45) is 0 Å². The van der Waals surface area contributed by atoms with Crippen LogP contribution < -0.4 is 5.32 Å². The number of hydrogen-bond acceptors (Lipinski definition) is 4. The van der Waals surface area contributed by atoms with Gasteiger partial charge in [-0.15, -0.1) is 0 Å². The zero-order chi connectivity index (χ0) is 17.8. The molecular formula is C19H25NO4. The number of hydrogen-bond donors (Lipinski definition) is 1. The third-order valence-electron chi connectivity index (χ3n) is 3.41. The van der Waals surface area contributed by atoms with Gasteiger partial charge >= 0.3 is 6.09 Å². The van der Waals surface area contributed by atoms with Gasteiger partial charge in [-0.1, -0.05) is 43.3 Å². The maximum absolute atomic E-state index is 11.7. The lowest BCUT2D eigenvalue weighted by molar-refractivity contribution is -0.122. The molecule has 0 bridgehead atoms. The highest BCUT2D eigenvalue weighted by Crippen LogP contribution is 2.02. The van der Waals surface area contributed by atoms with Crippen molar-refractivity contribution in [3.8, 4) is 0 Å². The zero-order valence-corrected chi connectivity index (χ0v) is 14.3. The summed E-state index contributed by atoms with van der Waals surface area (Å²) < 4.78 is 5.12. The molecule has 5 heteroatoms. The number of carbonyl (C=O) groups excluding carboxylic acids is 3. The van der Waals surface area contributed by atoms with E-state index in [1.165, 1.54) is 6.08 Å². The van der Waals surface area contributed by atoms with Crippen molar-refractivity contribution in [3.63, 3.8) is 0 Å². The minimum absolute atomic E-state index is 0.0735. The number of benzene rings is 1. The molecule has 0 spiro atoms. The molecule has 0 heterocycles. The fourth-order valence-corrected chi connectivity index (χ4v) is 1.95. The Labute approximate surface area is 143 Å². The van der Waals surface area contributed by atoms with Crippen LogP contribution in [0.4, 0.5) is 4.79 Å². The minimum atomic E-state index is -0.486. The number of allylic oxidation sites excluding steroid dienone is 1. The summed E-state index contributed by atoms with van der Waals surface area (Å²) in [5.41, 5.74) is 0.924. The minimum Gasteiger partial charge on any atom is -0.445 e. The third-order valence-corrected chi connectivity index (χ3v) is 3.41. The summed E-state index contributed by atoms with van der Waals surface area (Å²) >= 11 is 0. The molecule has 0 aliphatic carbocycles. The van der Waals surface area contributed by atoms with Gasteiger partial charge in [0.2, 0.25) is 0 Å². The fraction of sp³-hybridized carbons (Fsp3) is 0.421. The average Bonchev–Trinajstić information content (AvgIpc) is 2.58. The smallest absolute Gasteiger partial charge is 0.407 e. The van der Waals surface area contributed by atoms with E-state index in [1.54, 1.807) is 13.0 Å². The first-order valence-corrected chi connectivity index (χ1v) is 8.19. The topological polar surface area (TPSA) is 72.5 Å². The predicted octanol–water partition coefficient (Wildman–Crippen LogP) is 3.58. The molecule has 5 nitrogen and oxygen atoms in total. The van der Waals surface area contributed by atoms with Crippen LogP contribution in [0.3, 0.4) is 0 Å². The van der Waals surface area contributed by atoms with E-state index >= 15 is 0 Å². The molecule has 130 valence electrons. The lowest BCUT2D eigenvalue weighted by atomic mass is 10.1. The van der Waals surface area contributed by atoms with Gasteiger partial charge in [0.1, 0.15) is 12.4 Å². The molecule has 0 saturated carbocycles. The van der Waals surface area contributed by atoms with Gasteiger partial charge < -0.3 is 10.1 Å². The Kier molecular flexibility index (Phi) is 9.12. The Bertz CT molecular complexity index is 566. The van der Waals surface area contributed by atoms with Gasteiger partial charge in [0, 0.05) is 25.3 Å². The van der Waals surface area contributed by atoms with Crippen molar-refractivity contribution in [3.05, 3.63) is 48.0 Å². The fourth-order valence-electron chi connectivity index (χ4n) is 1.95. The molecule has 1 N–H and O–H groups in total. The van der Waals surface area contributed by atoms with E-state index in [-0.39, 0.29) is 30.6 Å². The Morgan fingerprint density at radius 2 is 1.88 bits per heavy atom. The number of nitrogens with one attached hydrogen (secondary N) is 1. The summed E-state index contributed by atoms with van der Waals surface area (Å²) in [4.78, 5) is 34.4. The molecule has 0 saturated heterocycles. The first-order valence-electron chi connectivity index (χ1n) is 8.19. The lowest BCUT2D eigenvalue weighted by Crippen LogP contribution is -2.32. The molecule has 0 aliphatic rings. The van der Waals surface area contributed by atoms with Crippen molar-refractivity contribution in [2.45, 2.75) is 52.2 Å². The van der Waals surface area contributed by atoms with Gasteiger partial charge in [-0.3, -0.25) is 9.59 Å². The van der Waals surface area contributed by atoms with Crippen LogP contribution in [0.1, 0.15) is 45.1 Å². The van der Waals surface area contributed by atoms with E-state index in [4.69, 9.17) is 4.74 Å². The van der Waals surface area contributed by atoms with Crippen LogP contribution in [0.25, 0.3) is 0 Å². The lowest BCUT2D eigenvalue weighted by Gasteiger charge is -2.12. The number of alkyl carbamates (subject to hydrolysis) is 1. The Morgan fingerprint density at radius 3 is 2.54 bits per heavy atom. The molecule has 1 rings (SSSR count). The first kappa shape index (κ1) is 19.6.